The van der Waals surface area contributed by atoms with Crippen LogP contribution < -0.4 is 0 Å². The van der Waals surface area contributed by atoms with Crippen LogP contribution in [0.25, 0.3) is 10.9 Å². The van der Waals surface area contributed by atoms with Crippen LogP contribution in [-0.4, -0.2) is 15.5 Å². The summed E-state index contributed by atoms with van der Waals surface area (Å²) < 4.78 is 2.14. The second kappa shape index (κ2) is 5.44. The molecule has 0 bridgehead atoms. The largest absolute Gasteiger partial charge is 0.411 e. The van der Waals surface area contributed by atoms with Gasteiger partial charge in [0.1, 0.15) is 0 Å². The fourth-order valence-corrected chi connectivity index (χ4v) is 2.85. The maximum Gasteiger partial charge on any atom is 0.0935 e. The number of rotatable bonds is 3. The number of fused-ring (bicyclic) bond motifs is 1. The number of benzene rings is 2. The molecule has 0 unspecified atom stereocenters. The van der Waals surface area contributed by atoms with Crippen LogP contribution in [0.2, 0.25) is 0 Å². The Bertz CT molecular complexity index is 801. The molecule has 0 spiro atoms. The normalized spacial score (nSPS) is 12.0. The standard InChI is InChI=1S/C18H18N2O/c1-13-18(15-10-6-7-11-17(15)20(13)2)16(19-21)12-14-8-4-3-5-9-14/h3-11,21H,12H2,1-2H3/b19-16+. The van der Waals surface area contributed by atoms with Crippen LogP contribution >= 0.6 is 0 Å². The second-order valence-electron chi connectivity index (χ2n) is 5.25. The third kappa shape index (κ3) is 2.31. The number of hydrogen-bond donors (Lipinski definition) is 1. The molecule has 3 rings (SSSR count). The van der Waals surface area contributed by atoms with E-state index in [1.807, 2.05) is 49.5 Å². The lowest BCUT2D eigenvalue weighted by atomic mass is 10.00. The Labute approximate surface area is 124 Å². The van der Waals surface area contributed by atoms with Gasteiger partial charge in [-0.2, -0.15) is 0 Å². The van der Waals surface area contributed by atoms with Gasteiger partial charge in [-0.15, -0.1) is 0 Å². The molecule has 3 heteroatoms. The highest BCUT2D eigenvalue weighted by atomic mass is 16.4. The molecule has 0 atom stereocenters. The second-order valence-corrected chi connectivity index (χ2v) is 5.25. The first-order valence-corrected chi connectivity index (χ1v) is 7.01. The van der Waals surface area contributed by atoms with E-state index in [2.05, 4.69) is 28.8 Å². The molecule has 1 aromatic heterocycles. The number of aryl methyl sites for hydroxylation is 1. The highest BCUT2D eigenvalue weighted by Crippen LogP contribution is 2.26. The average molecular weight is 278 g/mol. The lowest BCUT2D eigenvalue weighted by Gasteiger charge is -2.06. The number of hydrogen-bond acceptors (Lipinski definition) is 2. The van der Waals surface area contributed by atoms with Crippen LogP contribution in [0.15, 0.2) is 59.8 Å². The van der Waals surface area contributed by atoms with Crippen LogP contribution in [0.3, 0.4) is 0 Å². The van der Waals surface area contributed by atoms with E-state index in [4.69, 9.17) is 0 Å². The van der Waals surface area contributed by atoms with Crippen LogP contribution in [0.1, 0.15) is 16.8 Å². The first-order valence-electron chi connectivity index (χ1n) is 7.01. The van der Waals surface area contributed by atoms with Gasteiger partial charge in [-0.05, 0) is 18.6 Å². The van der Waals surface area contributed by atoms with Crippen molar-refractivity contribution in [2.45, 2.75) is 13.3 Å². The predicted molar refractivity (Wildman–Crippen MR) is 86.1 cm³/mol. The molecular formula is C18H18N2O. The summed E-state index contributed by atoms with van der Waals surface area (Å²) in [4.78, 5) is 0. The van der Waals surface area contributed by atoms with E-state index in [-0.39, 0.29) is 0 Å². The lowest BCUT2D eigenvalue weighted by molar-refractivity contribution is 0.318. The molecule has 0 aliphatic carbocycles. The van der Waals surface area contributed by atoms with Crippen LogP contribution in [-0.2, 0) is 13.5 Å². The summed E-state index contributed by atoms with van der Waals surface area (Å²) in [6.45, 7) is 2.06. The van der Waals surface area contributed by atoms with Gasteiger partial charge < -0.3 is 9.77 Å². The molecule has 3 aromatic rings. The number of para-hydroxylation sites is 1. The van der Waals surface area contributed by atoms with Gasteiger partial charge in [0.2, 0.25) is 0 Å². The molecule has 106 valence electrons. The van der Waals surface area contributed by atoms with E-state index < -0.39 is 0 Å². The number of nitrogens with zero attached hydrogens (tertiary/aromatic N) is 2. The summed E-state index contributed by atoms with van der Waals surface area (Å²) in [5.41, 5.74) is 5.13. The predicted octanol–water partition coefficient (Wildman–Crippen LogP) is 3.91. The topological polar surface area (TPSA) is 37.5 Å². The first kappa shape index (κ1) is 13.4. The minimum absolute atomic E-state index is 0.617. The van der Waals surface area contributed by atoms with Gasteiger partial charge in [-0.3, -0.25) is 0 Å². The van der Waals surface area contributed by atoms with E-state index in [1.54, 1.807) is 0 Å². The molecule has 2 aromatic carbocycles. The summed E-state index contributed by atoms with van der Waals surface area (Å²) in [5, 5.41) is 14.2. The van der Waals surface area contributed by atoms with Gasteiger partial charge in [0, 0.05) is 35.6 Å². The molecule has 0 aliphatic rings. The summed E-state index contributed by atoms with van der Waals surface area (Å²) in [7, 11) is 2.04. The summed E-state index contributed by atoms with van der Waals surface area (Å²) in [5.74, 6) is 0. The van der Waals surface area contributed by atoms with Crippen molar-refractivity contribution in [3.8, 4) is 0 Å². The molecule has 1 N–H and O–H groups in total. The molecule has 3 nitrogen and oxygen atoms in total. The minimum Gasteiger partial charge on any atom is -0.411 e. The molecule has 0 saturated heterocycles. The average Bonchev–Trinajstić information content (AvgIpc) is 2.78. The molecule has 0 radical (unpaired) electrons. The summed E-state index contributed by atoms with van der Waals surface area (Å²) >= 11 is 0. The van der Waals surface area contributed by atoms with Crippen LogP contribution in [0.5, 0.6) is 0 Å². The number of oxime groups is 1. The smallest absolute Gasteiger partial charge is 0.0935 e. The Morgan fingerprint density at radius 1 is 1.05 bits per heavy atom. The molecule has 0 amide bonds. The Morgan fingerprint density at radius 3 is 2.43 bits per heavy atom. The number of aromatic nitrogens is 1. The summed E-state index contributed by atoms with van der Waals surface area (Å²) in [6, 6.07) is 18.3. The molecule has 0 saturated carbocycles. The van der Waals surface area contributed by atoms with Crippen molar-refractivity contribution in [1.29, 1.82) is 0 Å². The molecule has 0 fully saturated rings. The molecule has 1 heterocycles. The van der Waals surface area contributed by atoms with Crippen molar-refractivity contribution in [3.05, 3.63) is 71.4 Å². The van der Waals surface area contributed by atoms with E-state index in [9.17, 15) is 5.21 Å². The summed E-state index contributed by atoms with van der Waals surface area (Å²) in [6.07, 6.45) is 0.617. The highest BCUT2D eigenvalue weighted by Gasteiger charge is 2.17. The first-order chi connectivity index (χ1) is 10.2. The van der Waals surface area contributed by atoms with Gasteiger partial charge in [0.25, 0.3) is 0 Å². The Morgan fingerprint density at radius 2 is 1.71 bits per heavy atom. The van der Waals surface area contributed by atoms with Crippen molar-refractivity contribution in [2.24, 2.45) is 12.2 Å². The van der Waals surface area contributed by atoms with Crippen molar-refractivity contribution in [3.63, 3.8) is 0 Å². The van der Waals surface area contributed by atoms with E-state index in [0.717, 1.165) is 27.7 Å². The van der Waals surface area contributed by atoms with Gasteiger partial charge in [0.05, 0.1) is 5.71 Å². The van der Waals surface area contributed by atoms with E-state index >= 15 is 0 Å². The zero-order valence-corrected chi connectivity index (χ0v) is 12.2. The van der Waals surface area contributed by atoms with Crippen molar-refractivity contribution in [2.75, 3.05) is 0 Å². The third-order valence-corrected chi connectivity index (χ3v) is 4.02. The van der Waals surface area contributed by atoms with E-state index in [0.29, 0.717) is 12.1 Å². The zero-order valence-electron chi connectivity index (χ0n) is 12.2. The third-order valence-electron chi connectivity index (χ3n) is 4.02. The van der Waals surface area contributed by atoms with Gasteiger partial charge in [-0.25, -0.2) is 0 Å². The lowest BCUT2D eigenvalue weighted by Crippen LogP contribution is -2.07. The quantitative estimate of drug-likeness (QED) is 0.440. The van der Waals surface area contributed by atoms with Gasteiger partial charge in [-0.1, -0.05) is 53.7 Å². The van der Waals surface area contributed by atoms with Crippen molar-refractivity contribution >= 4 is 16.6 Å². The molecule has 0 aliphatic heterocycles. The van der Waals surface area contributed by atoms with Crippen LogP contribution in [0.4, 0.5) is 0 Å². The fourth-order valence-electron chi connectivity index (χ4n) is 2.85. The maximum atomic E-state index is 9.51. The zero-order chi connectivity index (χ0) is 14.8. The van der Waals surface area contributed by atoms with Crippen LogP contribution in [0, 0.1) is 6.92 Å². The Balaban J connectivity index is 2.12. The van der Waals surface area contributed by atoms with Gasteiger partial charge >= 0.3 is 0 Å². The van der Waals surface area contributed by atoms with E-state index in [1.165, 1.54) is 0 Å². The Kier molecular flexibility index (Phi) is 3.48. The monoisotopic (exact) mass is 278 g/mol. The molecule has 21 heavy (non-hydrogen) atoms. The van der Waals surface area contributed by atoms with Crippen molar-refractivity contribution < 1.29 is 5.21 Å². The van der Waals surface area contributed by atoms with Crippen molar-refractivity contribution in [1.82, 2.24) is 4.57 Å². The maximum absolute atomic E-state index is 9.51. The Hall–Kier alpha value is -2.55. The molecular weight excluding hydrogens is 260 g/mol. The highest BCUT2D eigenvalue weighted by molar-refractivity contribution is 6.12. The SMILES string of the molecule is Cc1c(/C(Cc2ccccc2)=N/O)c2ccccc2n1C. The minimum atomic E-state index is 0.617. The van der Waals surface area contributed by atoms with Gasteiger partial charge in [0.15, 0.2) is 0 Å². The fraction of sp³-hybridized carbons (Fsp3) is 0.167.